The molecule has 0 saturated carbocycles. The molecule has 140 valence electrons. The summed E-state index contributed by atoms with van der Waals surface area (Å²) in [6, 6.07) is 12.4. The summed E-state index contributed by atoms with van der Waals surface area (Å²) in [5.74, 6) is 2.48. The van der Waals surface area contributed by atoms with Crippen LogP contribution in [0.1, 0.15) is 43.6 Å². The molecule has 3 rings (SSSR count). The quantitative estimate of drug-likeness (QED) is 0.817. The number of amides is 1. The average Bonchev–Trinajstić information content (AvgIpc) is 3.12. The Hall–Kier alpha value is -2.07. The zero-order valence-corrected chi connectivity index (χ0v) is 15.9. The summed E-state index contributed by atoms with van der Waals surface area (Å²) in [5, 5.41) is 2.98. The predicted octanol–water partition coefficient (Wildman–Crippen LogP) is 4.01. The van der Waals surface area contributed by atoms with E-state index in [0.29, 0.717) is 19.4 Å². The van der Waals surface area contributed by atoms with Crippen molar-refractivity contribution in [1.82, 2.24) is 10.2 Å². The summed E-state index contributed by atoms with van der Waals surface area (Å²) in [7, 11) is 0. The monoisotopic (exact) mass is 354 g/mol. The second-order valence-electron chi connectivity index (χ2n) is 7.81. The van der Waals surface area contributed by atoms with Gasteiger partial charge in [0.25, 0.3) is 0 Å². The third-order valence-corrected chi connectivity index (χ3v) is 5.04. The summed E-state index contributed by atoms with van der Waals surface area (Å²) in [6.45, 7) is 8.68. The normalized spacial score (nSPS) is 20.8. The molecule has 1 aromatic heterocycles. The molecule has 1 aromatic carbocycles. The highest BCUT2D eigenvalue weighted by Gasteiger charge is 2.21. The summed E-state index contributed by atoms with van der Waals surface area (Å²) in [5.41, 5.74) is 2.49. The van der Waals surface area contributed by atoms with Crippen molar-refractivity contribution in [1.29, 1.82) is 0 Å². The molecule has 26 heavy (non-hydrogen) atoms. The molecular weight excluding hydrogens is 324 g/mol. The maximum absolute atomic E-state index is 11.9. The van der Waals surface area contributed by atoms with E-state index < -0.39 is 0 Å². The van der Waals surface area contributed by atoms with Crippen molar-refractivity contribution in [3.8, 4) is 0 Å². The number of benzene rings is 1. The van der Waals surface area contributed by atoms with Gasteiger partial charge in [-0.1, -0.05) is 38.1 Å². The second-order valence-corrected chi connectivity index (χ2v) is 7.81. The average molecular weight is 354 g/mol. The Labute approximate surface area is 156 Å². The third kappa shape index (κ3) is 5.73. The van der Waals surface area contributed by atoms with Crippen LogP contribution in [0.4, 0.5) is 0 Å². The van der Waals surface area contributed by atoms with E-state index in [1.807, 2.05) is 12.1 Å². The molecule has 0 aliphatic carbocycles. The first kappa shape index (κ1) is 18.7. The highest BCUT2D eigenvalue weighted by molar-refractivity contribution is 5.76. The Kier molecular flexibility index (Phi) is 6.51. The van der Waals surface area contributed by atoms with Crippen molar-refractivity contribution in [2.45, 2.75) is 46.2 Å². The molecule has 4 heteroatoms. The molecule has 1 fully saturated rings. The van der Waals surface area contributed by atoms with Gasteiger partial charge in [0.2, 0.25) is 5.91 Å². The van der Waals surface area contributed by atoms with Gasteiger partial charge in [0.05, 0.1) is 6.26 Å². The lowest BCUT2D eigenvalue weighted by atomic mass is 9.91. The molecule has 2 aromatic rings. The maximum atomic E-state index is 11.9. The number of nitrogens with zero attached hydrogens (tertiary/aromatic N) is 1. The number of rotatable bonds is 7. The molecule has 1 aliphatic rings. The second kappa shape index (κ2) is 9.04. The van der Waals surface area contributed by atoms with Gasteiger partial charge < -0.3 is 9.73 Å². The molecule has 0 bridgehead atoms. The van der Waals surface area contributed by atoms with Gasteiger partial charge in [-0.2, -0.15) is 0 Å². The SMILES string of the molecule is C[C@@H]1C[C@@H](C)CN(Cc2ccc(CNC(=O)CCc3ccco3)cc2)C1. The van der Waals surface area contributed by atoms with Gasteiger partial charge in [-0.25, -0.2) is 0 Å². The van der Waals surface area contributed by atoms with E-state index in [2.05, 4.69) is 48.3 Å². The van der Waals surface area contributed by atoms with E-state index in [-0.39, 0.29) is 5.91 Å². The molecule has 0 radical (unpaired) electrons. The van der Waals surface area contributed by atoms with Crippen LogP contribution in [-0.4, -0.2) is 23.9 Å². The Balaban J connectivity index is 1.41. The molecule has 4 nitrogen and oxygen atoms in total. The van der Waals surface area contributed by atoms with Crippen LogP contribution >= 0.6 is 0 Å². The maximum Gasteiger partial charge on any atom is 0.220 e. The lowest BCUT2D eigenvalue weighted by molar-refractivity contribution is -0.121. The highest BCUT2D eigenvalue weighted by atomic mass is 16.3. The molecule has 1 amide bonds. The van der Waals surface area contributed by atoms with Gasteiger partial charge in [-0.15, -0.1) is 0 Å². The Morgan fingerprint density at radius 2 is 1.81 bits per heavy atom. The number of hydrogen-bond acceptors (Lipinski definition) is 3. The molecule has 2 heterocycles. The van der Waals surface area contributed by atoms with Gasteiger partial charge in [0.1, 0.15) is 5.76 Å². The molecule has 1 saturated heterocycles. The van der Waals surface area contributed by atoms with Crippen molar-refractivity contribution < 1.29 is 9.21 Å². The molecular formula is C22H30N2O2. The lowest BCUT2D eigenvalue weighted by Gasteiger charge is -2.35. The topological polar surface area (TPSA) is 45.5 Å². The van der Waals surface area contributed by atoms with Crippen LogP contribution in [0.25, 0.3) is 0 Å². The van der Waals surface area contributed by atoms with Crippen LogP contribution in [0, 0.1) is 11.8 Å². The predicted molar refractivity (Wildman–Crippen MR) is 104 cm³/mol. The minimum atomic E-state index is 0.0572. The van der Waals surface area contributed by atoms with Gasteiger partial charge in [0.15, 0.2) is 0 Å². The molecule has 1 aliphatic heterocycles. The summed E-state index contributed by atoms with van der Waals surface area (Å²) in [6.07, 6.45) is 4.08. The number of aryl methyl sites for hydroxylation is 1. The van der Waals surface area contributed by atoms with Crippen LogP contribution in [-0.2, 0) is 24.3 Å². The lowest BCUT2D eigenvalue weighted by Crippen LogP contribution is -2.38. The zero-order valence-electron chi connectivity index (χ0n) is 15.9. The molecule has 1 N–H and O–H groups in total. The first-order chi connectivity index (χ1) is 12.6. The molecule has 0 spiro atoms. The van der Waals surface area contributed by atoms with E-state index in [9.17, 15) is 4.79 Å². The van der Waals surface area contributed by atoms with Crippen molar-refractivity contribution in [2.24, 2.45) is 11.8 Å². The molecule has 2 atom stereocenters. The first-order valence-electron chi connectivity index (χ1n) is 9.67. The Morgan fingerprint density at radius 3 is 2.46 bits per heavy atom. The number of likely N-dealkylation sites (tertiary alicyclic amines) is 1. The van der Waals surface area contributed by atoms with E-state index in [1.54, 1.807) is 6.26 Å². The van der Waals surface area contributed by atoms with E-state index >= 15 is 0 Å². The van der Waals surface area contributed by atoms with Crippen LogP contribution in [0.3, 0.4) is 0 Å². The number of carbonyl (C=O) groups is 1. The van der Waals surface area contributed by atoms with E-state index in [4.69, 9.17) is 4.42 Å². The zero-order chi connectivity index (χ0) is 18.4. The third-order valence-electron chi connectivity index (χ3n) is 5.04. The van der Waals surface area contributed by atoms with Gasteiger partial charge >= 0.3 is 0 Å². The number of furan rings is 1. The summed E-state index contributed by atoms with van der Waals surface area (Å²) in [4.78, 5) is 14.5. The number of carbonyl (C=O) groups excluding carboxylic acids is 1. The van der Waals surface area contributed by atoms with Crippen molar-refractivity contribution in [3.05, 3.63) is 59.5 Å². The smallest absolute Gasteiger partial charge is 0.220 e. The largest absolute Gasteiger partial charge is 0.469 e. The van der Waals surface area contributed by atoms with Crippen molar-refractivity contribution in [3.63, 3.8) is 0 Å². The number of hydrogen-bond donors (Lipinski definition) is 1. The summed E-state index contributed by atoms with van der Waals surface area (Å²) >= 11 is 0. The van der Waals surface area contributed by atoms with Gasteiger partial charge in [-0.05, 0) is 41.5 Å². The fraction of sp³-hybridized carbons (Fsp3) is 0.500. The minimum absolute atomic E-state index is 0.0572. The van der Waals surface area contributed by atoms with Crippen molar-refractivity contribution >= 4 is 5.91 Å². The number of piperidine rings is 1. The van der Waals surface area contributed by atoms with Crippen LogP contribution < -0.4 is 5.32 Å². The Morgan fingerprint density at radius 1 is 1.12 bits per heavy atom. The summed E-state index contributed by atoms with van der Waals surface area (Å²) < 4.78 is 5.25. The van der Waals surface area contributed by atoms with E-state index in [1.165, 1.54) is 25.1 Å². The number of nitrogens with one attached hydrogen (secondary N) is 1. The molecule has 0 unspecified atom stereocenters. The highest BCUT2D eigenvalue weighted by Crippen LogP contribution is 2.22. The van der Waals surface area contributed by atoms with Crippen LogP contribution in [0.5, 0.6) is 0 Å². The fourth-order valence-electron chi connectivity index (χ4n) is 3.92. The van der Waals surface area contributed by atoms with Gasteiger partial charge in [-0.3, -0.25) is 9.69 Å². The standard InChI is InChI=1S/C22H30N2O2/c1-17-12-18(2)15-24(14-17)16-20-7-5-19(6-8-20)13-23-22(25)10-9-21-4-3-11-26-21/h3-8,11,17-18H,9-10,12-16H2,1-2H3,(H,23,25)/t17-,18-/m1/s1. The first-order valence-corrected chi connectivity index (χ1v) is 9.67. The van der Waals surface area contributed by atoms with Crippen LogP contribution in [0.2, 0.25) is 0 Å². The van der Waals surface area contributed by atoms with Crippen LogP contribution in [0.15, 0.2) is 47.1 Å². The van der Waals surface area contributed by atoms with Crippen molar-refractivity contribution in [2.75, 3.05) is 13.1 Å². The fourth-order valence-corrected chi connectivity index (χ4v) is 3.92. The van der Waals surface area contributed by atoms with E-state index in [0.717, 1.165) is 29.7 Å². The van der Waals surface area contributed by atoms with Gasteiger partial charge in [0, 0.05) is 39.0 Å². The Bertz CT molecular complexity index is 669. The minimum Gasteiger partial charge on any atom is -0.469 e.